The minimum absolute atomic E-state index is 0.0417. The van der Waals surface area contributed by atoms with Crippen molar-refractivity contribution in [2.24, 2.45) is 0 Å². The molecule has 1 aromatic heterocycles. The minimum atomic E-state index is -0.906. The fraction of sp³-hybridized carbons (Fsp3) is 0.0833. The summed E-state index contributed by atoms with van der Waals surface area (Å²) in [5.41, 5.74) is 0.163. The highest BCUT2D eigenvalue weighted by atomic mass is 19.2. The van der Waals surface area contributed by atoms with E-state index >= 15 is 0 Å². The van der Waals surface area contributed by atoms with Crippen LogP contribution in [0.2, 0.25) is 0 Å². The highest BCUT2D eigenvalue weighted by molar-refractivity contribution is 5.35. The molecule has 17 heavy (non-hydrogen) atoms. The Bertz CT molecular complexity index is 529. The summed E-state index contributed by atoms with van der Waals surface area (Å²) in [6.07, 6.45) is 0. The minimum Gasteiger partial charge on any atom is -0.366 e. The van der Waals surface area contributed by atoms with E-state index in [2.05, 4.69) is 10.3 Å². The van der Waals surface area contributed by atoms with Crippen LogP contribution in [0.4, 0.5) is 19.0 Å². The van der Waals surface area contributed by atoms with Gasteiger partial charge in [0.15, 0.2) is 11.6 Å². The van der Waals surface area contributed by atoms with Crippen LogP contribution in [0.1, 0.15) is 5.56 Å². The monoisotopic (exact) mass is 238 g/mol. The maximum atomic E-state index is 13.3. The zero-order valence-corrected chi connectivity index (χ0v) is 8.75. The molecule has 1 heterocycles. The number of nitrogens with zero attached hydrogens (tertiary/aromatic N) is 1. The molecule has 5 heteroatoms. The second kappa shape index (κ2) is 4.86. The van der Waals surface area contributed by atoms with Crippen molar-refractivity contribution in [3.05, 3.63) is 59.5 Å². The van der Waals surface area contributed by atoms with Crippen molar-refractivity contribution in [2.45, 2.75) is 6.54 Å². The van der Waals surface area contributed by atoms with Crippen LogP contribution >= 0.6 is 0 Å². The van der Waals surface area contributed by atoms with E-state index in [0.29, 0.717) is 0 Å². The summed E-state index contributed by atoms with van der Waals surface area (Å²) >= 11 is 0. The van der Waals surface area contributed by atoms with Crippen molar-refractivity contribution in [1.82, 2.24) is 4.98 Å². The molecule has 0 bridgehead atoms. The average Bonchev–Trinajstić information content (AvgIpc) is 2.31. The summed E-state index contributed by atoms with van der Waals surface area (Å²) in [6.45, 7) is 0.0417. The van der Waals surface area contributed by atoms with E-state index in [0.717, 1.165) is 6.07 Å². The SMILES string of the molecule is Fc1cccc(NCc2cccc(F)c2F)n1. The lowest BCUT2D eigenvalue weighted by Crippen LogP contribution is -2.04. The highest BCUT2D eigenvalue weighted by Gasteiger charge is 2.07. The van der Waals surface area contributed by atoms with Crippen LogP contribution in [0.3, 0.4) is 0 Å². The standard InChI is InChI=1S/C12H9F3N2/c13-9-4-1-3-8(12(9)15)7-16-11-6-2-5-10(14)17-11/h1-6H,7H2,(H,16,17). The second-order valence-corrected chi connectivity index (χ2v) is 3.41. The topological polar surface area (TPSA) is 24.9 Å². The number of hydrogen-bond acceptors (Lipinski definition) is 2. The van der Waals surface area contributed by atoms with E-state index in [9.17, 15) is 13.2 Å². The lowest BCUT2D eigenvalue weighted by Gasteiger charge is -2.06. The Kier molecular flexibility index (Phi) is 3.27. The molecule has 0 aliphatic heterocycles. The first-order valence-corrected chi connectivity index (χ1v) is 4.96. The Labute approximate surface area is 96.1 Å². The van der Waals surface area contributed by atoms with E-state index in [1.165, 1.54) is 24.3 Å². The third-order valence-electron chi connectivity index (χ3n) is 2.21. The second-order valence-electron chi connectivity index (χ2n) is 3.41. The lowest BCUT2D eigenvalue weighted by molar-refractivity contribution is 0.500. The van der Waals surface area contributed by atoms with Gasteiger partial charge in [0.25, 0.3) is 0 Å². The summed E-state index contributed by atoms with van der Waals surface area (Å²) in [4.78, 5) is 3.55. The van der Waals surface area contributed by atoms with Crippen molar-refractivity contribution in [2.75, 3.05) is 5.32 Å². The molecule has 88 valence electrons. The molecule has 0 saturated carbocycles. The van der Waals surface area contributed by atoms with E-state index in [4.69, 9.17) is 0 Å². The van der Waals surface area contributed by atoms with E-state index in [1.54, 1.807) is 6.07 Å². The molecule has 0 fully saturated rings. The molecule has 0 saturated heterocycles. The van der Waals surface area contributed by atoms with Gasteiger partial charge in [-0.15, -0.1) is 0 Å². The first-order chi connectivity index (χ1) is 8.16. The van der Waals surface area contributed by atoms with Crippen molar-refractivity contribution in [3.8, 4) is 0 Å². The number of benzene rings is 1. The van der Waals surface area contributed by atoms with Gasteiger partial charge in [0.05, 0.1) is 0 Å². The fourth-order valence-corrected chi connectivity index (χ4v) is 1.38. The van der Waals surface area contributed by atoms with Gasteiger partial charge in [0, 0.05) is 12.1 Å². The Morgan fingerprint density at radius 1 is 1.00 bits per heavy atom. The zero-order chi connectivity index (χ0) is 12.3. The summed E-state index contributed by atoms with van der Waals surface area (Å²) < 4.78 is 38.9. The molecule has 0 spiro atoms. The van der Waals surface area contributed by atoms with Crippen LogP contribution in [0.15, 0.2) is 36.4 Å². The molecule has 2 aromatic rings. The van der Waals surface area contributed by atoms with Gasteiger partial charge < -0.3 is 5.32 Å². The Balaban J connectivity index is 2.10. The largest absolute Gasteiger partial charge is 0.366 e. The smallest absolute Gasteiger partial charge is 0.214 e. The van der Waals surface area contributed by atoms with Gasteiger partial charge in [-0.05, 0) is 18.2 Å². The van der Waals surface area contributed by atoms with Gasteiger partial charge in [-0.3, -0.25) is 0 Å². The van der Waals surface area contributed by atoms with Crippen LogP contribution < -0.4 is 5.32 Å². The molecular formula is C12H9F3N2. The summed E-state index contributed by atoms with van der Waals surface area (Å²) in [7, 11) is 0. The van der Waals surface area contributed by atoms with E-state index in [1.807, 2.05) is 0 Å². The van der Waals surface area contributed by atoms with Gasteiger partial charge in [-0.25, -0.2) is 13.8 Å². The van der Waals surface area contributed by atoms with Crippen LogP contribution in [-0.4, -0.2) is 4.98 Å². The third-order valence-corrected chi connectivity index (χ3v) is 2.21. The summed E-state index contributed by atoms with van der Waals surface area (Å²) in [6, 6.07) is 8.12. The van der Waals surface area contributed by atoms with Gasteiger partial charge in [-0.2, -0.15) is 4.39 Å². The number of aromatic nitrogens is 1. The quantitative estimate of drug-likeness (QED) is 0.831. The maximum Gasteiger partial charge on any atom is 0.214 e. The summed E-state index contributed by atoms with van der Waals surface area (Å²) in [5.74, 6) is -2.17. The van der Waals surface area contributed by atoms with Crippen LogP contribution in [0.25, 0.3) is 0 Å². The van der Waals surface area contributed by atoms with Gasteiger partial charge in [0.1, 0.15) is 5.82 Å². The van der Waals surface area contributed by atoms with Crippen LogP contribution in [-0.2, 0) is 6.54 Å². The highest BCUT2D eigenvalue weighted by Crippen LogP contribution is 2.13. The fourth-order valence-electron chi connectivity index (χ4n) is 1.38. The molecule has 2 rings (SSSR count). The molecule has 0 aliphatic rings. The summed E-state index contributed by atoms with van der Waals surface area (Å²) in [5, 5.41) is 2.71. The van der Waals surface area contributed by atoms with Gasteiger partial charge in [0.2, 0.25) is 5.95 Å². The molecule has 1 aromatic carbocycles. The van der Waals surface area contributed by atoms with Gasteiger partial charge in [-0.1, -0.05) is 18.2 Å². The van der Waals surface area contributed by atoms with E-state index in [-0.39, 0.29) is 17.9 Å². The lowest BCUT2D eigenvalue weighted by atomic mass is 10.2. The molecule has 0 aliphatic carbocycles. The maximum absolute atomic E-state index is 13.3. The van der Waals surface area contributed by atoms with Crippen LogP contribution in [0.5, 0.6) is 0 Å². The normalized spacial score (nSPS) is 10.3. The number of pyridine rings is 1. The van der Waals surface area contributed by atoms with Crippen LogP contribution in [0, 0.1) is 17.6 Å². The molecule has 2 nitrogen and oxygen atoms in total. The predicted octanol–water partition coefficient (Wildman–Crippen LogP) is 3.11. The number of hydrogen-bond donors (Lipinski definition) is 1. The van der Waals surface area contributed by atoms with Crippen molar-refractivity contribution >= 4 is 5.82 Å². The first kappa shape index (κ1) is 11.4. The molecule has 0 unspecified atom stereocenters. The Morgan fingerprint density at radius 2 is 1.76 bits per heavy atom. The molecule has 0 amide bonds. The molecule has 0 radical (unpaired) electrons. The number of nitrogens with one attached hydrogen (secondary N) is 1. The number of halogens is 3. The predicted molar refractivity (Wildman–Crippen MR) is 57.9 cm³/mol. The zero-order valence-electron chi connectivity index (χ0n) is 8.75. The Morgan fingerprint density at radius 3 is 2.53 bits per heavy atom. The Hall–Kier alpha value is -2.04. The third kappa shape index (κ3) is 2.75. The van der Waals surface area contributed by atoms with E-state index < -0.39 is 17.6 Å². The van der Waals surface area contributed by atoms with Crippen molar-refractivity contribution < 1.29 is 13.2 Å². The molecular weight excluding hydrogens is 229 g/mol. The van der Waals surface area contributed by atoms with Crippen molar-refractivity contribution in [1.29, 1.82) is 0 Å². The average molecular weight is 238 g/mol. The van der Waals surface area contributed by atoms with Crippen molar-refractivity contribution in [3.63, 3.8) is 0 Å². The molecule has 0 atom stereocenters. The first-order valence-electron chi connectivity index (χ1n) is 4.96. The van der Waals surface area contributed by atoms with Gasteiger partial charge >= 0.3 is 0 Å². The number of rotatable bonds is 3. The number of anilines is 1. The molecule has 1 N–H and O–H groups in total.